The number of carbonyl (C=O) groups excluding carboxylic acids is 1. The highest BCUT2D eigenvalue weighted by molar-refractivity contribution is 5.94. The van der Waals surface area contributed by atoms with Crippen LogP contribution in [0.2, 0.25) is 0 Å². The van der Waals surface area contributed by atoms with Crippen LogP contribution in [0.15, 0.2) is 42.7 Å². The molecule has 150 valence electrons. The Hall–Kier alpha value is -3.35. The van der Waals surface area contributed by atoms with Gasteiger partial charge in [0.1, 0.15) is 0 Å². The van der Waals surface area contributed by atoms with Crippen molar-refractivity contribution in [2.45, 2.75) is 18.8 Å². The summed E-state index contributed by atoms with van der Waals surface area (Å²) in [6.45, 7) is 1.33. The van der Waals surface area contributed by atoms with Gasteiger partial charge in [0.2, 0.25) is 0 Å². The van der Waals surface area contributed by atoms with E-state index in [2.05, 4.69) is 4.98 Å². The quantitative estimate of drug-likeness (QED) is 0.733. The molecule has 2 aromatic heterocycles. The molecule has 1 aromatic carbocycles. The zero-order valence-electron chi connectivity index (χ0n) is 16.6. The molecule has 1 atom stereocenters. The summed E-state index contributed by atoms with van der Waals surface area (Å²) >= 11 is 0. The molecule has 7 heteroatoms. The molecule has 1 aliphatic heterocycles. The first-order valence-electron chi connectivity index (χ1n) is 9.62. The number of hydrogen-bond acceptors (Lipinski definition) is 6. The number of aromatic nitrogens is 2. The molecule has 0 aliphatic carbocycles. The van der Waals surface area contributed by atoms with Crippen molar-refractivity contribution in [2.75, 3.05) is 33.0 Å². The summed E-state index contributed by atoms with van der Waals surface area (Å²) in [6, 6.07) is 9.15. The summed E-state index contributed by atoms with van der Waals surface area (Å²) < 4.78 is 10.8. The van der Waals surface area contributed by atoms with Gasteiger partial charge in [0.05, 0.1) is 31.1 Å². The van der Waals surface area contributed by atoms with Crippen LogP contribution >= 0.6 is 0 Å². The first kappa shape index (κ1) is 19.0. The molecule has 0 radical (unpaired) electrons. The van der Waals surface area contributed by atoms with Gasteiger partial charge in [0.25, 0.3) is 5.91 Å². The van der Waals surface area contributed by atoms with E-state index in [1.165, 1.54) is 0 Å². The number of likely N-dealkylation sites (tertiary alicyclic amines) is 1. The molecule has 1 saturated heterocycles. The highest BCUT2D eigenvalue weighted by atomic mass is 16.5. The fourth-order valence-corrected chi connectivity index (χ4v) is 3.92. The van der Waals surface area contributed by atoms with Crippen LogP contribution in [0.1, 0.15) is 34.8 Å². The number of pyridine rings is 2. The first-order valence-corrected chi connectivity index (χ1v) is 9.62. The molecule has 29 heavy (non-hydrogen) atoms. The number of amides is 1. The highest BCUT2D eigenvalue weighted by Gasteiger charge is 2.28. The Balaban J connectivity index is 1.64. The predicted octanol–water partition coefficient (Wildman–Crippen LogP) is 3.25. The molecule has 4 rings (SSSR count). The van der Waals surface area contributed by atoms with E-state index in [1.54, 1.807) is 38.7 Å². The van der Waals surface area contributed by atoms with E-state index in [1.807, 2.05) is 23.1 Å². The smallest absolute Gasteiger partial charge is 0.253 e. The van der Waals surface area contributed by atoms with Crippen LogP contribution in [-0.4, -0.2) is 48.1 Å². The van der Waals surface area contributed by atoms with Crippen molar-refractivity contribution < 1.29 is 14.3 Å². The monoisotopic (exact) mass is 392 g/mol. The molecule has 0 unspecified atom stereocenters. The van der Waals surface area contributed by atoms with Gasteiger partial charge in [0, 0.05) is 48.4 Å². The second-order valence-electron chi connectivity index (χ2n) is 7.19. The van der Waals surface area contributed by atoms with E-state index < -0.39 is 0 Å². The van der Waals surface area contributed by atoms with Gasteiger partial charge < -0.3 is 20.1 Å². The second kappa shape index (κ2) is 7.95. The number of nitrogens with two attached hydrogens (primary N) is 1. The van der Waals surface area contributed by atoms with Crippen molar-refractivity contribution in [2.24, 2.45) is 0 Å². The number of carbonyl (C=O) groups is 1. The number of anilines is 1. The van der Waals surface area contributed by atoms with Crippen LogP contribution in [0.5, 0.6) is 11.5 Å². The zero-order chi connectivity index (χ0) is 20.4. The summed E-state index contributed by atoms with van der Waals surface area (Å²) in [7, 11) is 3.21. The third kappa shape index (κ3) is 3.68. The maximum atomic E-state index is 12.8. The minimum Gasteiger partial charge on any atom is -0.493 e. The minimum absolute atomic E-state index is 0.0165. The van der Waals surface area contributed by atoms with Gasteiger partial charge in [-0.3, -0.25) is 14.8 Å². The Kier molecular flexibility index (Phi) is 5.20. The van der Waals surface area contributed by atoms with Crippen LogP contribution in [0.4, 0.5) is 5.69 Å². The van der Waals surface area contributed by atoms with Crippen molar-refractivity contribution in [1.82, 2.24) is 14.9 Å². The van der Waals surface area contributed by atoms with E-state index in [4.69, 9.17) is 20.2 Å². The van der Waals surface area contributed by atoms with Crippen molar-refractivity contribution in [3.63, 3.8) is 0 Å². The average molecular weight is 392 g/mol. The summed E-state index contributed by atoms with van der Waals surface area (Å²) in [5.41, 5.74) is 9.27. The van der Waals surface area contributed by atoms with E-state index >= 15 is 0 Å². The fourth-order valence-electron chi connectivity index (χ4n) is 3.92. The van der Waals surface area contributed by atoms with Gasteiger partial charge >= 0.3 is 0 Å². The lowest BCUT2D eigenvalue weighted by molar-refractivity contribution is 0.0706. The van der Waals surface area contributed by atoms with Crippen LogP contribution in [-0.2, 0) is 0 Å². The third-order valence-electron chi connectivity index (χ3n) is 5.40. The lowest BCUT2D eigenvalue weighted by Gasteiger charge is -2.33. The van der Waals surface area contributed by atoms with E-state index in [9.17, 15) is 4.79 Å². The predicted molar refractivity (Wildman–Crippen MR) is 111 cm³/mol. The van der Waals surface area contributed by atoms with Crippen molar-refractivity contribution in [3.8, 4) is 11.5 Å². The Labute approximate surface area is 169 Å². The normalized spacial score (nSPS) is 16.6. The Morgan fingerprint density at radius 1 is 1.14 bits per heavy atom. The van der Waals surface area contributed by atoms with Crippen LogP contribution in [0.3, 0.4) is 0 Å². The van der Waals surface area contributed by atoms with Crippen LogP contribution < -0.4 is 15.2 Å². The van der Waals surface area contributed by atoms with Gasteiger partial charge in [-0.1, -0.05) is 0 Å². The minimum atomic E-state index is 0.0165. The molecule has 2 N–H and O–H groups in total. The number of nitrogens with zero attached hydrogens (tertiary/aromatic N) is 3. The Morgan fingerprint density at radius 3 is 2.59 bits per heavy atom. The topological polar surface area (TPSA) is 90.6 Å². The molecule has 0 saturated carbocycles. The number of benzene rings is 1. The number of rotatable bonds is 4. The van der Waals surface area contributed by atoms with Crippen LogP contribution in [0.25, 0.3) is 10.9 Å². The average Bonchev–Trinajstić information content (AvgIpc) is 2.77. The van der Waals surface area contributed by atoms with E-state index in [0.29, 0.717) is 29.3 Å². The Bertz CT molecular complexity index is 1040. The number of hydrogen-bond donors (Lipinski definition) is 1. The number of fused-ring (bicyclic) bond motifs is 1. The maximum Gasteiger partial charge on any atom is 0.253 e. The molecule has 1 aliphatic rings. The molecular formula is C22H24N4O3. The van der Waals surface area contributed by atoms with E-state index in [-0.39, 0.29) is 11.8 Å². The van der Waals surface area contributed by atoms with Crippen molar-refractivity contribution >= 4 is 22.5 Å². The molecule has 7 nitrogen and oxygen atoms in total. The molecular weight excluding hydrogens is 368 g/mol. The fraction of sp³-hybridized carbons (Fsp3) is 0.318. The molecule has 3 heterocycles. The zero-order valence-corrected chi connectivity index (χ0v) is 16.6. The number of piperidine rings is 1. The number of nitrogen functional groups attached to an aromatic ring is 1. The van der Waals surface area contributed by atoms with Gasteiger partial charge in [-0.05, 0) is 37.1 Å². The third-order valence-corrected chi connectivity index (χ3v) is 5.40. The van der Waals surface area contributed by atoms with Crippen LogP contribution in [0, 0.1) is 0 Å². The summed E-state index contributed by atoms with van der Waals surface area (Å²) in [5.74, 6) is 1.37. The van der Waals surface area contributed by atoms with Crippen molar-refractivity contribution in [3.05, 3.63) is 54.0 Å². The first-order chi connectivity index (χ1) is 14.1. The van der Waals surface area contributed by atoms with E-state index in [0.717, 1.165) is 36.0 Å². The summed E-state index contributed by atoms with van der Waals surface area (Å²) in [4.78, 5) is 23.5. The molecule has 0 spiro atoms. The SMILES string of the molecule is COc1cc2cc(N)c([C@H]3CCCN(C(=O)c4ccncc4)C3)nc2cc1OC. The largest absolute Gasteiger partial charge is 0.493 e. The second-order valence-corrected chi connectivity index (χ2v) is 7.19. The molecule has 1 amide bonds. The standard InChI is InChI=1S/C22H24N4O3/c1-28-19-11-16-10-17(23)21(25-18(16)12-20(19)29-2)15-4-3-9-26(13-15)22(27)14-5-7-24-8-6-14/h5-8,10-12,15H,3-4,9,13,23H2,1-2H3/t15-/m0/s1. The Morgan fingerprint density at radius 2 is 1.86 bits per heavy atom. The molecule has 0 bridgehead atoms. The maximum absolute atomic E-state index is 12.8. The highest BCUT2D eigenvalue weighted by Crippen LogP contribution is 2.36. The lowest BCUT2D eigenvalue weighted by atomic mass is 9.92. The summed E-state index contributed by atoms with van der Waals surface area (Å²) in [5, 5.41) is 0.893. The van der Waals surface area contributed by atoms with Gasteiger partial charge in [-0.25, -0.2) is 0 Å². The number of methoxy groups -OCH3 is 2. The lowest BCUT2D eigenvalue weighted by Crippen LogP contribution is -2.39. The number of ether oxygens (including phenoxy) is 2. The summed E-state index contributed by atoms with van der Waals surface area (Å²) in [6.07, 6.45) is 5.13. The molecule has 3 aromatic rings. The van der Waals surface area contributed by atoms with Crippen molar-refractivity contribution in [1.29, 1.82) is 0 Å². The van der Waals surface area contributed by atoms with Gasteiger partial charge in [-0.15, -0.1) is 0 Å². The molecule has 1 fully saturated rings. The van der Waals surface area contributed by atoms with Gasteiger partial charge in [-0.2, -0.15) is 0 Å². The van der Waals surface area contributed by atoms with Gasteiger partial charge in [0.15, 0.2) is 11.5 Å².